The normalized spacial score (nSPS) is 11.6. The van der Waals surface area contributed by atoms with Crippen LogP contribution in [0.3, 0.4) is 0 Å². The highest BCUT2D eigenvalue weighted by atomic mass is 35.5. The summed E-state index contributed by atoms with van der Waals surface area (Å²) < 4.78 is 55.5. The van der Waals surface area contributed by atoms with Gasteiger partial charge in [-0.25, -0.2) is 4.79 Å². The van der Waals surface area contributed by atoms with Crippen molar-refractivity contribution in [2.24, 2.45) is 21.7 Å². The second-order valence-corrected chi connectivity index (χ2v) is 4.60. The highest BCUT2D eigenvalue weighted by Crippen LogP contribution is 2.35. The fraction of sp³-hybridized carbons (Fsp3) is 0.182. The first kappa shape index (κ1) is 21.9. The van der Waals surface area contributed by atoms with E-state index in [1.54, 1.807) is 18.2 Å². The van der Waals surface area contributed by atoms with Crippen LogP contribution in [0.25, 0.3) is 0 Å². The van der Waals surface area contributed by atoms with E-state index in [0.717, 1.165) is 0 Å². The molecule has 0 amide bonds. The Hall–Kier alpha value is -2.14. The summed E-state index contributed by atoms with van der Waals surface area (Å²) in [5.41, 5.74) is 10.7. The Morgan fingerprint density at radius 3 is 1.88 bits per heavy atom. The summed E-state index contributed by atoms with van der Waals surface area (Å²) in [6.45, 7) is 0. The lowest BCUT2D eigenvalue weighted by Gasteiger charge is -2.13. The number of nitrogens with two attached hydrogens (primary N) is 2. The van der Waals surface area contributed by atoms with Gasteiger partial charge in [0.15, 0.2) is 0 Å². The molecule has 5 N–H and O–H groups in total. The number of carboxylic acid groups (broad SMARTS) is 1. The molecule has 0 atom stereocenters. The second kappa shape index (κ2) is 8.64. The summed E-state index contributed by atoms with van der Waals surface area (Å²) in [6, 6.07) is 5.14. The standard InChI is InChI=1S/C8H8Cl2N4.C3HF5O2/c9-6-2-1-3-7(10)5(6)4-13-14-8(11)12;4-2(5,1(9)10)3(6,7)8/h1-4H,(H4,11,12,14);(H,9,10)/b13-4+;. The third-order valence-corrected chi connectivity index (χ3v) is 2.64. The minimum atomic E-state index is -6.02. The van der Waals surface area contributed by atoms with Gasteiger partial charge in [0.1, 0.15) is 0 Å². The Morgan fingerprint density at radius 2 is 1.58 bits per heavy atom. The smallest absolute Gasteiger partial charge is 0.465 e. The van der Waals surface area contributed by atoms with Crippen LogP contribution in [0.1, 0.15) is 5.56 Å². The first-order chi connectivity index (χ1) is 10.8. The summed E-state index contributed by atoms with van der Waals surface area (Å²) in [5, 5.41) is 15.3. The Morgan fingerprint density at radius 1 is 1.12 bits per heavy atom. The van der Waals surface area contributed by atoms with Crippen LogP contribution in [-0.4, -0.2) is 35.3 Å². The van der Waals surface area contributed by atoms with E-state index in [0.29, 0.717) is 15.6 Å². The molecular weight excluding hydrogens is 386 g/mol. The number of halogens is 7. The summed E-state index contributed by atoms with van der Waals surface area (Å²) in [7, 11) is 0. The van der Waals surface area contributed by atoms with Crippen molar-refractivity contribution in [3.63, 3.8) is 0 Å². The average Bonchev–Trinajstić information content (AvgIpc) is 2.41. The molecule has 6 nitrogen and oxygen atoms in total. The van der Waals surface area contributed by atoms with Gasteiger partial charge >= 0.3 is 18.1 Å². The molecule has 0 bridgehead atoms. The largest absolute Gasteiger partial charge is 0.477 e. The Kier molecular flexibility index (Phi) is 7.87. The number of hydrogen-bond acceptors (Lipinski definition) is 3. The van der Waals surface area contributed by atoms with Crippen LogP contribution < -0.4 is 11.5 Å². The van der Waals surface area contributed by atoms with Crippen LogP contribution in [0.2, 0.25) is 10.0 Å². The lowest BCUT2D eigenvalue weighted by Crippen LogP contribution is -2.43. The summed E-state index contributed by atoms with van der Waals surface area (Å²) >= 11 is 11.7. The number of rotatable bonds is 3. The molecule has 0 fully saturated rings. The number of benzene rings is 1. The van der Waals surface area contributed by atoms with E-state index >= 15 is 0 Å². The Bertz CT molecular complexity index is 626. The minimum Gasteiger partial charge on any atom is -0.477 e. The predicted molar refractivity (Wildman–Crippen MR) is 78.5 cm³/mol. The molecule has 13 heteroatoms. The van der Waals surface area contributed by atoms with Crippen molar-refractivity contribution >= 4 is 41.3 Å². The zero-order valence-electron chi connectivity index (χ0n) is 11.4. The van der Waals surface area contributed by atoms with Gasteiger partial charge in [0.05, 0.1) is 16.3 Å². The van der Waals surface area contributed by atoms with Gasteiger partial charge in [-0.05, 0) is 12.1 Å². The molecule has 0 spiro atoms. The quantitative estimate of drug-likeness (QED) is 0.316. The molecule has 24 heavy (non-hydrogen) atoms. The first-order valence-corrected chi connectivity index (χ1v) is 6.30. The van der Waals surface area contributed by atoms with Gasteiger partial charge in [-0.3, -0.25) is 0 Å². The van der Waals surface area contributed by atoms with Crippen LogP contribution in [0.15, 0.2) is 28.4 Å². The van der Waals surface area contributed by atoms with Crippen molar-refractivity contribution in [1.82, 2.24) is 0 Å². The van der Waals surface area contributed by atoms with Gasteiger partial charge in [0.25, 0.3) is 0 Å². The molecule has 0 unspecified atom stereocenters. The molecule has 0 radical (unpaired) electrons. The average molecular weight is 395 g/mol. The number of guanidine groups is 1. The van der Waals surface area contributed by atoms with E-state index in [-0.39, 0.29) is 5.96 Å². The van der Waals surface area contributed by atoms with E-state index < -0.39 is 18.1 Å². The maximum Gasteiger partial charge on any atom is 0.465 e. The zero-order chi connectivity index (χ0) is 19.1. The Labute approximate surface area is 141 Å². The number of alkyl halides is 5. The van der Waals surface area contributed by atoms with Crippen molar-refractivity contribution < 1.29 is 31.9 Å². The molecule has 1 rings (SSSR count). The van der Waals surface area contributed by atoms with Crippen molar-refractivity contribution in [1.29, 1.82) is 0 Å². The van der Waals surface area contributed by atoms with Crippen molar-refractivity contribution in [2.75, 3.05) is 0 Å². The van der Waals surface area contributed by atoms with Crippen molar-refractivity contribution in [2.45, 2.75) is 12.1 Å². The van der Waals surface area contributed by atoms with E-state index in [9.17, 15) is 26.7 Å². The molecule has 0 aliphatic heterocycles. The minimum absolute atomic E-state index is 0.121. The lowest BCUT2D eigenvalue weighted by atomic mass is 10.2. The molecule has 0 saturated heterocycles. The summed E-state index contributed by atoms with van der Waals surface area (Å²) in [4.78, 5) is 9.20. The van der Waals surface area contributed by atoms with Gasteiger partial charge in [0.2, 0.25) is 5.96 Å². The van der Waals surface area contributed by atoms with Gasteiger partial charge in [-0.1, -0.05) is 29.3 Å². The van der Waals surface area contributed by atoms with Gasteiger partial charge in [0, 0.05) is 5.56 Å². The fourth-order valence-corrected chi connectivity index (χ4v) is 1.40. The predicted octanol–water partition coefficient (Wildman–Crippen LogP) is 2.87. The maximum atomic E-state index is 11.3. The second-order valence-electron chi connectivity index (χ2n) is 3.78. The molecule has 1 aromatic carbocycles. The van der Waals surface area contributed by atoms with Crippen LogP contribution in [-0.2, 0) is 4.79 Å². The topological polar surface area (TPSA) is 114 Å². The molecule has 0 aliphatic rings. The van der Waals surface area contributed by atoms with Crippen LogP contribution >= 0.6 is 23.2 Å². The van der Waals surface area contributed by atoms with E-state index in [4.69, 9.17) is 39.8 Å². The lowest BCUT2D eigenvalue weighted by molar-refractivity contribution is -0.277. The molecule has 0 saturated carbocycles. The van der Waals surface area contributed by atoms with Crippen LogP contribution in [0, 0.1) is 0 Å². The van der Waals surface area contributed by atoms with E-state index in [2.05, 4.69) is 10.2 Å². The highest BCUT2D eigenvalue weighted by molar-refractivity contribution is 6.38. The number of carbonyl (C=O) groups is 1. The number of nitrogens with zero attached hydrogens (tertiary/aromatic N) is 2. The third-order valence-electron chi connectivity index (χ3n) is 1.98. The zero-order valence-corrected chi connectivity index (χ0v) is 12.9. The molecule has 0 heterocycles. The van der Waals surface area contributed by atoms with E-state index in [1.807, 2.05) is 0 Å². The molecular formula is C11H9Cl2F5N4O2. The van der Waals surface area contributed by atoms with Gasteiger partial charge in [-0.15, -0.1) is 5.10 Å². The fourth-order valence-electron chi connectivity index (χ4n) is 0.909. The van der Waals surface area contributed by atoms with Crippen LogP contribution in [0.5, 0.6) is 0 Å². The maximum absolute atomic E-state index is 11.3. The molecule has 0 aromatic heterocycles. The molecule has 0 aliphatic carbocycles. The van der Waals surface area contributed by atoms with Crippen LogP contribution in [0.4, 0.5) is 22.0 Å². The molecule has 1 aromatic rings. The number of hydrogen-bond donors (Lipinski definition) is 3. The summed E-state index contributed by atoms with van der Waals surface area (Å²) in [5.74, 6) is -8.96. The third kappa shape index (κ3) is 6.54. The number of aliphatic carboxylic acids is 1. The van der Waals surface area contributed by atoms with Gasteiger partial charge < -0.3 is 16.6 Å². The summed E-state index contributed by atoms with van der Waals surface area (Å²) in [6.07, 6.45) is -4.62. The van der Waals surface area contributed by atoms with Crippen molar-refractivity contribution in [3.8, 4) is 0 Å². The van der Waals surface area contributed by atoms with Gasteiger partial charge in [-0.2, -0.15) is 27.1 Å². The monoisotopic (exact) mass is 394 g/mol. The SMILES string of the molecule is NC(N)=N/N=C/c1c(Cl)cccc1Cl.O=C(O)C(F)(F)C(F)(F)F. The first-order valence-electron chi connectivity index (χ1n) is 5.54. The van der Waals surface area contributed by atoms with E-state index in [1.165, 1.54) is 6.21 Å². The number of carboxylic acids is 1. The highest BCUT2D eigenvalue weighted by Gasteiger charge is 2.64. The molecule has 134 valence electrons. The van der Waals surface area contributed by atoms with Crippen molar-refractivity contribution in [3.05, 3.63) is 33.8 Å². The Balaban J connectivity index is 0.000000470.